The number of carbonyl (C=O) groups excluding carboxylic acids is 1. The van der Waals surface area contributed by atoms with E-state index in [2.05, 4.69) is 78.9 Å². The summed E-state index contributed by atoms with van der Waals surface area (Å²) >= 11 is 0. The number of aromatic nitrogens is 1. The standard InChI is InChI=1S/C35H37N5O3/c1-5-38(6-2)26-16-18-30-32(20-26)43-33-21-27(39(7-3)8-4)17-19-31(33)35(30)29-15-10-9-14-28(29)34(42)40(35)36-22-24-12-11-13-25(23-41)37-24/h9-22,41H,5-8,23H2,1-4H3/b36-22-. The number of aliphatic hydroxyl groups is 1. The van der Waals surface area contributed by atoms with Gasteiger partial charge in [-0.15, -0.1) is 0 Å². The molecule has 8 nitrogen and oxygen atoms in total. The van der Waals surface area contributed by atoms with Gasteiger partial charge in [0, 0.05) is 71.9 Å². The molecule has 0 bridgehead atoms. The Morgan fingerprint density at radius 1 is 0.814 bits per heavy atom. The van der Waals surface area contributed by atoms with Gasteiger partial charge in [-0.2, -0.15) is 5.10 Å². The molecular formula is C35H37N5O3. The van der Waals surface area contributed by atoms with Gasteiger partial charge in [0.15, 0.2) is 0 Å². The number of hydrogen-bond donors (Lipinski definition) is 1. The molecule has 0 saturated carbocycles. The summed E-state index contributed by atoms with van der Waals surface area (Å²) in [5.41, 5.74) is 5.27. The zero-order chi connectivity index (χ0) is 30.1. The van der Waals surface area contributed by atoms with Crippen molar-refractivity contribution in [1.82, 2.24) is 9.99 Å². The summed E-state index contributed by atoms with van der Waals surface area (Å²) in [4.78, 5) is 23.3. The highest BCUT2D eigenvalue weighted by molar-refractivity contribution is 6.02. The topological polar surface area (TPSA) is 81.5 Å². The number of aliphatic hydroxyl groups excluding tert-OH is 1. The molecule has 0 aliphatic carbocycles. The van der Waals surface area contributed by atoms with Crippen molar-refractivity contribution in [2.45, 2.75) is 39.8 Å². The number of fused-ring (bicyclic) bond motifs is 6. The van der Waals surface area contributed by atoms with Crippen LogP contribution in [0.3, 0.4) is 0 Å². The van der Waals surface area contributed by atoms with E-state index < -0.39 is 5.54 Å². The Hall–Kier alpha value is -4.69. The van der Waals surface area contributed by atoms with Crippen LogP contribution in [-0.2, 0) is 12.1 Å². The minimum Gasteiger partial charge on any atom is -0.456 e. The fourth-order valence-electron chi connectivity index (χ4n) is 6.42. The molecule has 6 rings (SSSR count). The van der Waals surface area contributed by atoms with E-state index >= 15 is 0 Å². The molecule has 0 radical (unpaired) electrons. The Kier molecular flexibility index (Phi) is 7.62. The molecular weight excluding hydrogens is 538 g/mol. The molecule has 1 amide bonds. The van der Waals surface area contributed by atoms with Crippen molar-refractivity contribution >= 4 is 23.5 Å². The van der Waals surface area contributed by atoms with Crippen LogP contribution in [-0.4, -0.2) is 53.4 Å². The van der Waals surface area contributed by atoms with Gasteiger partial charge in [-0.1, -0.05) is 36.4 Å². The number of rotatable bonds is 9. The molecule has 220 valence electrons. The Morgan fingerprint density at radius 2 is 1.42 bits per heavy atom. The first-order valence-electron chi connectivity index (χ1n) is 15.0. The van der Waals surface area contributed by atoms with Crippen molar-refractivity contribution in [1.29, 1.82) is 0 Å². The average Bonchev–Trinajstić information content (AvgIpc) is 3.29. The van der Waals surface area contributed by atoms with Crippen molar-refractivity contribution in [3.63, 3.8) is 0 Å². The van der Waals surface area contributed by atoms with Crippen LogP contribution in [0.25, 0.3) is 0 Å². The summed E-state index contributed by atoms with van der Waals surface area (Å²) in [6, 6.07) is 25.6. The van der Waals surface area contributed by atoms with Crippen LogP contribution in [0.1, 0.15) is 66.1 Å². The molecule has 1 N–H and O–H groups in total. The molecule has 0 unspecified atom stereocenters. The summed E-state index contributed by atoms with van der Waals surface area (Å²) in [7, 11) is 0. The zero-order valence-corrected chi connectivity index (χ0v) is 25.1. The van der Waals surface area contributed by atoms with Crippen LogP contribution in [0.4, 0.5) is 11.4 Å². The van der Waals surface area contributed by atoms with Gasteiger partial charge in [0.1, 0.15) is 17.0 Å². The first kappa shape index (κ1) is 28.4. The molecule has 0 fully saturated rings. The predicted octanol–water partition coefficient (Wildman–Crippen LogP) is 6.15. The van der Waals surface area contributed by atoms with Crippen LogP contribution in [0, 0.1) is 0 Å². The molecule has 0 saturated heterocycles. The average molecular weight is 576 g/mol. The van der Waals surface area contributed by atoms with E-state index in [0.29, 0.717) is 28.5 Å². The van der Waals surface area contributed by atoms with Gasteiger partial charge in [0.2, 0.25) is 0 Å². The molecule has 1 aromatic heterocycles. The lowest BCUT2D eigenvalue weighted by molar-refractivity contribution is 0.0675. The summed E-state index contributed by atoms with van der Waals surface area (Å²) in [5.74, 6) is 1.18. The molecule has 43 heavy (non-hydrogen) atoms. The maximum Gasteiger partial charge on any atom is 0.275 e. The number of benzene rings is 3. The summed E-state index contributed by atoms with van der Waals surface area (Å²) in [6.45, 7) is 11.8. The Balaban J connectivity index is 1.63. The lowest BCUT2D eigenvalue weighted by Gasteiger charge is -2.42. The second kappa shape index (κ2) is 11.5. The molecule has 2 aliphatic heterocycles. The molecule has 8 heteroatoms. The highest BCUT2D eigenvalue weighted by Gasteiger charge is 2.57. The molecule has 4 aromatic rings. The van der Waals surface area contributed by atoms with E-state index in [1.807, 2.05) is 36.4 Å². The maximum absolute atomic E-state index is 14.3. The number of amides is 1. The van der Waals surface area contributed by atoms with Crippen molar-refractivity contribution in [3.8, 4) is 11.5 Å². The number of nitrogens with zero attached hydrogens (tertiary/aromatic N) is 5. The largest absolute Gasteiger partial charge is 0.456 e. The molecule has 0 atom stereocenters. The number of hydrogen-bond acceptors (Lipinski definition) is 7. The summed E-state index contributed by atoms with van der Waals surface area (Å²) in [5, 5.41) is 16.1. The third-order valence-corrected chi connectivity index (χ3v) is 8.54. The summed E-state index contributed by atoms with van der Waals surface area (Å²) < 4.78 is 6.73. The monoisotopic (exact) mass is 575 g/mol. The highest BCUT2D eigenvalue weighted by atomic mass is 16.5. The fraction of sp³-hybridized carbons (Fsp3) is 0.286. The number of ether oxygens (including phenoxy) is 1. The lowest BCUT2D eigenvalue weighted by Crippen LogP contribution is -2.44. The van der Waals surface area contributed by atoms with E-state index in [0.717, 1.165) is 54.2 Å². The fourth-order valence-corrected chi connectivity index (χ4v) is 6.42. The van der Waals surface area contributed by atoms with Gasteiger partial charge in [0.05, 0.1) is 24.2 Å². The third-order valence-electron chi connectivity index (χ3n) is 8.54. The van der Waals surface area contributed by atoms with Crippen LogP contribution < -0.4 is 14.5 Å². The van der Waals surface area contributed by atoms with Gasteiger partial charge in [-0.3, -0.25) is 4.79 Å². The Morgan fingerprint density at radius 3 is 2.00 bits per heavy atom. The smallest absolute Gasteiger partial charge is 0.275 e. The van der Waals surface area contributed by atoms with E-state index in [9.17, 15) is 9.90 Å². The van der Waals surface area contributed by atoms with Gasteiger partial charge >= 0.3 is 0 Å². The normalized spacial score (nSPS) is 14.4. The first-order chi connectivity index (χ1) is 21.0. The maximum atomic E-state index is 14.3. The van der Waals surface area contributed by atoms with Crippen LogP contribution >= 0.6 is 0 Å². The minimum absolute atomic E-state index is 0.179. The molecule has 3 heterocycles. The first-order valence-corrected chi connectivity index (χ1v) is 15.0. The van der Waals surface area contributed by atoms with E-state index in [-0.39, 0.29) is 12.5 Å². The number of carbonyl (C=O) groups is 1. The Bertz CT molecular complexity index is 1630. The molecule has 1 spiro atoms. The van der Waals surface area contributed by atoms with E-state index in [1.165, 1.54) is 0 Å². The SMILES string of the molecule is CCN(CC)c1ccc2c(c1)Oc1cc(N(CC)CC)ccc1C21c2ccccc2C(=O)N1/N=C\c1cccc(CO)n1. The van der Waals surface area contributed by atoms with Gasteiger partial charge < -0.3 is 19.6 Å². The number of hydrazone groups is 1. The number of pyridine rings is 1. The van der Waals surface area contributed by atoms with Crippen LogP contribution in [0.5, 0.6) is 11.5 Å². The zero-order valence-electron chi connectivity index (χ0n) is 25.1. The minimum atomic E-state index is -1.06. The van der Waals surface area contributed by atoms with Gasteiger partial charge in [-0.05, 0) is 58.0 Å². The van der Waals surface area contributed by atoms with Gasteiger partial charge in [-0.25, -0.2) is 9.99 Å². The quantitative estimate of drug-likeness (QED) is 0.241. The predicted molar refractivity (Wildman–Crippen MR) is 170 cm³/mol. The second-order valence-electron chi connectivity index (χ2n) is 10.6. The third kappa shape index (κ3) is 4.53. The van der Waals surface area contributed by atoms with Crippen LogP contribution in [0.15, 0.2) is 84.0 Å². The van der Waals surface area contributed by atoms with E-state index in [4.69, 9.17) is 9.84 Å². The second-order valence-corrected chi connectivity index (χ2v) is 10.6. The summed E-state index contributed by atoms with van der Waals surface area (Å²) in [6.07, 6.45) is 1.59. The highest BCUT2D eigenvalue weighted by Crippen LogP contribution is 2.58. The Labute approximate surface area is 252 Å². The van der Waals surface area contributed by atoms with Crippen LogP contribution in [0.2, 0.25) is 0 Å². The van der Waals surface area contributed by atoms with E-state index in [1.54, 1.807) is 17.3 Å². The van der Waals surface area contributed by atoms with Crippen molar-refractivity contribution < 1.29 is 14.6 Å². The molecule has 3 aromatic carbocycles. The number of anilines is 2. The van der Waals surface area contributed by atoms with Crippen molar-refractivity contribution in [2.75, 3.05) is 36.0 Å². The molecule has 2 aliphatic rings. The van der Waals surface area contributed by atoms with Crippen molar-refractivity contribution in [3.05, 3.63) is 113 Å². The van der Waals surface area contributed by atoms with Crippen molar-refractivity contribution in [2.24, 2.45) is 5.10 Å². The lowest BCUT2D eigenvalue weighted by atomic mass is 9.75. The van der Waals surface area contributed by atoms with Gasteiger partial charge in [0.25, 0.3) is 5.91 Å².